The largest absolute Gasteiger partial charge is 0.496 e. The van der Waals surface area contributed by atoms with Crippen molar-refractivity contribution in [1.82, 2.24) is 19.2 Å². The first kappa shape index (κ1) is 20.8. The number of hydrogen-bond donors (Lipinski definition) is 0. The summed E-state index contributed by atoms with van der Waals surface area (Å²) < 4.78 is 10.2. The molecule has 0 saturated heterocycles. The summed E-state index contributed by atoms with van der Waals surface area (Å²) in [7, 11) is 3.66. The van der Waals surface area contributed by atoms with Crippen LogP contribution in [0.5, 0.6) is 5.75 Å². The van der Waals surface area contributed by atoms with E-state index < -0.39 is 0 Å². The van der Waals surface area contributed by atoms with Crippen LogP contribution in [0.1, 0.15) is 43.7 Å². The second-order valence-electron chi connectivity index (χ2n) is 8.38. The van der Waals surface area contributed by atoms with Crippen LogP contribution in [0, 0.1) is 4.77 Å². The monoisotopic (exact) mass is 422 g/mol. The van der Waals surface area contributed by atoms with Crippen molar-refractivity contribution in [2.45, 2.75) is 51.9 Å². The Morgan fingerprint density at radius 3 is 2.47 bits per heavy atom. The lowest BCUT2D eigenvalue weighted by molar-refractivity contribution is 0.186. The third-order valence-electron chi connectivity index (χ3n) is 5.80. The van der Waals surface area contributed by atoms with Crippen molar-refractivity contribution in [3.8, 4) is 17.1 Å². The summed E-state index contributed by atoms with van der Waals surface area (Å²) in [6.07, 6.45) is 2.48. The van der Waals surface area contributed by atoms with E-state index in [1.807, 2.05) is 40.6 Å². The maximum absolute atomic E-state index is 5.73. The van der Waals surface area contributed by atoms with E-state index in [2.05, 4.69) is 43.0 Å². The zero-order valence-corrected chi connectivity index (χ0v) is 19.0. The molecule has 158 valence electrons. The second kappa shape index (κ2) is 8.74. The molecule has 5 nitrogen and oxygen atoms in total. The molecule has 1 heterocycles. The molecular formula is C24H30N4OS. The summed E-state index contributed by atoms with van der Waals surface area (Å²) in [5.41, 5.74) is 3.67. The average Bonchev–Trinajstić information content (AvgIpc) is 3.56. The number of para-hydroxylation sites is 1. The summed E-state index contributed by atoms with van der Waals surface area (Å²) in [5.74, 6) is 2.19. The van der Waals surface area contributed by atoms with Gasteiger partial charge < -0.3 is 9.30 Å². The minimum absolute atomic E-state index is 0.554. The zero-order valence-electron chi connectivity index (χ0n) is 18.2. The fourth-order valence-electron chi connectivity index (χ4n) is 3.79. The van der Waals surface area contributed by atoms with Gasteiger partial charge in [0, 0.05) is 19.6 Å². The molecule has 0 unspecified atom stereocenters. The molecule has 1 saturated carbocycles. The van der Waals surface area contributed by atoms with E-state index >= 15 is 0 Å². The summed E-state index contributed by atoms with van der Waals surface area (Å²) in [5, 5.41) is 4.87. The molecule has 2 aromatic carbocycles. The highest BCUT2D eigenvalue weighted by Gasteiger charge is 2.30. The number of rotatable bonds is 8. The van der Waals surface area contributed by atoms with Crippen LogP contribution < -0.4 is 4.74 Å². The molecule has 0 spiro atoms. The van der Waals surface area contributed by atoms with Crippen LogP contribution in [0.25, 0.3) is 11.4 Å². The van der Waals surface area contributed by atoms with Crippen molar-refractivity contribution in [3.63, 3.8) is 0 Å². The molecule has 1 aliphatic rings. The van der Waals surface area contributed by atoms with Gasteiger partial charge in [-0.05, 0) is 54.2 Å². The minimum atomic E-state index is 0.554. The van der Waals surface area contributed by atoms with Crippen LogP contribution in [-0.4, -0.2) is 32.4 Å². The maximum Gasteiger partial charge on any atom is 0.199 e. The standard InChI is InChI=1S/C24H30N4OS/c1-17(2)19-11-9-18(10-12-19)15-27(20-13-14-20)16-28-24(30)26(3)23(25-28)21-7-5-6-8-22(21)29-4/h5-12,17,20H,13-16H2,1-4H3. The van der Waals surface area contributed by atoms with E-state index in [1.54, 1.807) is 7.11 Å². The molecule has 1 aromatic heterocycles. The highest BCUT2D eigenvalue weighted by atomic mass is 32.1. The Morgan fingerprint density at radius 1 is 1.13 bits per heavy atom. The highest BCUT2D eigenvalue weighted by molar-refractivity contribution is 7.71. The molecule has 0 radical (unpaired) electrons. The lowest BCUT2D eigenvalue weighted by Crippen LogP contribution is -2.29. The van der Waals surface area contributed by atoms with Crippen LogP contribution >= 0.6 is 12.2 Å². The predicted octanol–water partition coefficient (Wildman–Crippen LogP) is 5.37. The summed E-state index contributed by atoms with van der Waals surface area (Å²) in [6.45, 7) is 6.06. The van der Waals surface area contributed by atoms with Gasteiger partial charge in [-0.1, -0.05) is 50.2 Å². The van der Waals surface area contributed by atoms with Gasteiger partial charge in [0.2, 0.25) is 0 Å². The van der Waals surface area contributed by atoms with Crippen LogP contribution in [0.2, 0.25) is 0 Å². The van der Waals surface area contributed by atoms with Gasteiger partial charge in [-0.15, -0.1) is 0 Å². The van der Waals surface area contributed by atoms with Crippen LogP contribution in [-0.2, 0) is 20.3 Å². The lowest BCUT2D eigenvalue weighted by Gasteiger charge is -2.22. The van der Waals surface area contributed by atoms with Crippen LogP contribution in [0.3, 0.4) is 0 Å². The van der Waals surface area contributed by atoms with E-state index in [0.29, 0.717) is 18.6 Å². The van der Waals surface area contributed by atoms with E-state index in [-0.39, 0.29) is 0 Å². The van der Waals surface area contributed by atoms with E-state index in [9.17, 15) is 0 Å². The molecule has 1 fully saturated rings. The minimum Gasteiger partial charge on any atom is -0.496 e. The van der Waals surface area contributed by atoms with Gasteiger partial charge in [0.25, 0.3) is 0 Å². The van der Waals surface area contributed by atoms with Gasteiger partial charge >= 0.3 is 0 Å². The molecule has 30 heavy (non-hydrogen) atoms. The SMILES string of the molecule is COc1ccccc1-c1nn(CN(Cc2ccc(C(C)C)cc2)C2CC2)c(=S)n1C. The van der Waals surface area contributed by atoms with Crippen molar-refractivity contribution in [2.24, 2.45) is 7.05 Å². The Morgan fingerprint density at radius 2 is 1.83 bits per heavy atom. The van der Waals surface area contributed by atoms with E-state index in [0.717, 1.165) is 28.5 Å². The first-order valence-electron chi connectivity index (χ1n) is 10.6. The molecule has 0 aliphatic heterocycles. The number of nitrogens with zero attached hydrogens (tertiary/aromatic N) is 4. The predicted molar refractivity (Wildman–Crippen MR) is 123 cm³/mol. The second-order valence-corrected chi connectivity index (χ2v) is 8.75. The Labute approximate surface area is 183 Å². The van der Waals surface area contributed by atoms with Gasteiger partial charge in [-0.25, -0.2) is 4.68 Å². The van der Waals surface area contributed by atoms with Gasteiger partial charge in [-0.3, -0.25) is 4.90 Å². The van der Waals surface area contributed by atoms with Crippen molar-refractivity contribution in [2.75, 3.05) is 7.11 Å². The summed E-state index contributed by atoms with van der Waals surface area (Å²) >= 11 is 5.73. The molecule has 4 rings (SSSR count). The molecule has 0 bridgehead atoms. The molecule has 0 amide bonds. The lowest BCUT2D eigenvalue weighted by atomic mass is 10.0. The van der Waals surface area contributed by atoms with Gasteiger partial charge in [0.05, 0.1) is 19.3 Å². The van der Waals surface area contributed by atoms with Crippen molar-refractivity contribution in [3.05, 3.63) is 64.4 Å². The quantitative estimate of drug-likeness (QED) is 0.457. The first-order valence-corrected chi connectivity index (χ1v) is 11.0. The van der Waals surface area contributed by atoms with Crippen molar-refractivity contribution < 1.29 is 4.74 Å². The number of benzene rings is 2. The molecule has 1 aliphatic carbocycles. The first-order chi connectivity index (χ1) is 14.5. The Bertz CT molecular complexity index is 1060. The van der Waals surface area contributed by atoms with E-state index in [1.165, 1.54) is 24.0 Å². The molecular weight excluding hydrogens is 392 g/mol. The van der Waals surface area contributed by atoms with Gasteiger partial charge in [0.15, 0.2) is 10.6 Å². The molecule has 3 aromatic rings. The summed E-state index contributed by atoms with van der Waals surface area (Å²) in [6, 6.07) is 17.5. The Kier molecular flexibility index (Phi) is 6.06. The Balaban J connectivity index is 1.58. The molecule has 6 heteroatoms. The summed E-state index contributed by atoms with van der Waals surface area (Å²) in [4.78, 5) is 2.49. The van der Waals surface area contributed by atoms with Crippen LogP contribution in [0.4, 0.5) is 0 Å². The third kappa shape index (κ3) is 4.35. The van der Waals surface area contributed by atoms with E-state index in [4.69, 9.17) is 22.1 Å². The van der Waals surface area contributed by atoms with Gasteiger partial charge in [0.1, 0.15) is 5.75 Å². The maximum atomic E-state index is 5.73. The van der Waals surface area contributed by atoms with Gasteiger partial charge in [-0.2, -0.15) is 5.10 Å². The molecule has 0 N–H and O–H groups in total. The Hall–Kier alpha value is -2.44. The number of ether oxygens (including phenoxy) is 1. The fourth-order valence-corrected chi connectivity index (χ4v) is 3.98. The number of hydrogen-bond acceptors (Lipinski definition) is 4. The fraction of sp³-hybridized carbons (Fsp3) is 0.417. The van der Waals surface area contributed by atoms with Crippen molar-refractivity contribution in [1.29, 1.82) is 0 Å². The number of methoxy groups -OCH3 is 1. The number of aromatic nitrogens is 3. The molecule has 0 atom stereocenters. The third-order valence-corrected chi connectivity index (χ3v) is 6.28. The smallest absolute Gasteiger partial charge is 0.199 e. The van der Waals surface area contributed by atoms with Crippen LogP contribution in [0.15, 0.2) is 48.5 Å². The normalized spacial score (nSPS) is 13.9. The highest BCUT2D eigenvalue weighted by Crippen LogP contribution is 2.31. The zero-order chi connectivity index (χ0) is 21.3. The average molecular weight is 423 g/mol. The van der Waals surface area contributed by atoms with Crippen molar-refractivity contribution >= 4 is 12.2 Å². The topological polar surface area (TPSA) is 35.2 Å².